The van der Waals surface area contributed by atoms with Crippen LogP contribution in [0.3, 0.4) is 0 Å². The second kappa shape index (κ2) is 8.60. The minimum Gasteiger partial charge on any atom is -0.382 e. The Labute approximate surface area is 113 Å². The first-order chi connectivity index (χ1) is 9.15. The molecule has 0 saturated carbocycles. The Kier molecular flexibility index (Phi) is 7.06. The van der Waals surface area contributed by atoms with E-state index in [0.29, 0.717) is 32.2 Å². The van der Waals surface area contributed by atoms with Gasteiger partial charge in [-0.3, -0.25) is 9.89 Å². The van der Waals surface area contributed by atoms with Gasteiger partial charge in [0, 0.05) is 26.2 Å². The number of hydrogen-bond acceptors (Lipinski definition) is 5. The second-order valence-corrected chi connectivity index (χ2v) is 4.41. The molecule has 0 radical (unpaired) electrons. The monoisotopic (exact) mass is 270 g/mol. The van der Waals surface area contributed by atoms with Crippen LogP contribution in [0.1, 0.15) is 42.6 Å². The van der Waals surface area contributed by atoms with Crippen molar-refractivity contribution in [3.8, 4) is 0 Å². The number of carbonyl (C=O) groups is 1. The first-order valence-corrected chi connectivity index (χ1v) is 6.42. The zero-order valence-electron chi connectivity index (χ0n) is 11.7. The van der Waals surface area contributed by atoms with E-state index in [1.165, 1.54) is 0 Å². The second-order valence-electron chi connectivity index (χ2n) is 4.41. The van der Waals surface area contributed by atoms with Crippen molar-refractivity contribution in [3.63, 3.8) is 0 Å². The van der Waals surface area contributed by atoms with Crippen molar-refractivity contribution < 1.29 is 14.3 Å². The summed E-state index contributed by atoms with van der Waals surface area (Å²) in [6.45, 7) is 6.26. The molecular weight excluding hydrogens is 248 g/mol. The van der Waals surface area contributed by atoms with E-state index in [1.54, 1.807) is 7.11 Å². The number of methoxy groups -OCH3 is 1. The summed E-state index contributed by atoms with van der Waals surface area (Å²) in [6, 6.07) is 0. The molecule has 1 amide bonds. The van der Waals surface area contributed by atoms with Gasteiger partial charge < -0.3 is 14.8 Å². The molecule has 1 aromatic heterocycles. The predicted octanol–water partition coefficient (Wildman–Crippen LogP) is 0.711. The van der Waals surface area contributed by atoms with Crippen molar-refractivity contribution in [2.24, 2.45) is 0 Å². The molecule has 0 unspecified atom stereocenters. The number of amides is 1. The Morgan fingerprint density at radius 2 is 2.16 bits per heavy atom. The molecular formula is C12H22N4O3. The standard InChI is InChI=1S/C12H22N4O3/c1-9(2)10-14-11(16-15-10)12(17)13-5-4-6-19-8-7-18-3/h9H,4-8H2,1-3H3,(H,13,17)(H,14,15,16). The van der Waals surface area contributed by atoms with Gasteiger partial charge in [0.2, 0.25) is 5.82 Å². The molecule has 0 aliphatic rings. The number of aromatic amines is 1. The molecule has 0 aliphatic heterocycles. The molecule has 7 heteroatoms. The molecule has 1 rings (SSSR count). The van der Waals surface area contributed by atoms with Crippen molar-refractivity contribution >= 4 is 5.91 Å². The van der Waals surface area contributed by atoms with Crippen molar-refractivity contribution in [2.75, 3.05) is 33.5 Å². The number of H-pyrrole nitrogens is 1. The zero-order chi connectivity index (χ0) is 14.1. The summed E-state index contributed by atoms with van der Waals surface area (Å²) in [4.78, 5) is 15.8. The van der Waals surface area contributed by atoms with E-state index in [1.807, 2.05) is 13.8 Å². The molecule has 19 heavy (non-hydrogen) atoms. The van der Waals surface area contributed by atoms with Crippen LogP contribution in [-0.4, -0.2) is 54.6 Å². The zero-order valence-corrected chi connectivity index (χ0v) is 11.7. The molecule has 7 nitrogen and oxygen atoms in total. The number of ether oxygens (including phenoxy) is 2. The van der Waals surface area contributed by atoms with Gasteiger partial charge >= 0.3 is 0 Å². The highest BCUT2D eigenvalue weighted by atomic mass is 16.5. The van der Waals surface area contributed by atoms with Crippen LogP contribution < -0.4 is 5.32 Å². The minimum absolute atomic E-state index is 0.184. The van der Waals surface area contributed by atoms with E-state index >= 15 is 0 Å². The van der Waals surface area contributed by atoms with Gasteiger partial charge in [0.15, 0.2) is 0 Å². The smallest absolute Gasteiger partial charge is 0.290 e. The third kappa shape index (κ3) is 5.80. The molecule has 1 aromatic rings. The van der Waals surface area contributed by atoms with E-state index in [-0.39, 0.29) is 17.6 Å². The van der Waals surface area contributed by atoms with Crippen LogP contribution >= 0.6 is 0 Å². The normalized spacial score (nSPS) is 10.9. The van der Waals surface area contributed by atoms with Crippen molar-refractivity contribution in [1.82, 2.24) is 20.5 Å². The molecule has 2 N–H and O–H groups in total. The summed E-state index contributed by atoms with van der Waals surface area (Å²) in [5.41, 5.74) is 0. The fourth-order valence-electron chi connectivity index (χ4n) is 1.33. The van der Waals surface area contributed by atoms with E-state index < -0.39 is 0 Å². The van der Waals surface area contributed by atoms with Crippen LogP contribution in [0.5, 0.6) is 0 Å². The Hall–Kier alpha value is -1.47. The molecule has 0 fully saturated rings. The topological polar surface area (TPSA) is 89.1 Å². The van der Waals surface area contributed by atoms with Crippen molar-refractivity contribution in [3.05, 3.63) is 11.6 Å². The molecule has 0 atom stereocenters. The maximum atomic E-state index is 11.7. The first kappa shape index (κ1) is 15.6. The Bertz CT molecular complexity index is 379. The number of nitrogens with zero attached hydrogens (tertiary/aromatic N) is 2. The van der Waals surface area contributed by atoms with Gasteiger partial charge in [0.25, 0.3) is 5.91 Å². The Balaban J connectivity index is 2.16. The van der Waals surface area contributed by atoms with Crippen LogP contribution in [0.25, 0.3) is 0 Å². The molecule has 1 heterocycles. The third-order valence-electron chi connectivity index (χ3n) is 2.44. The van der Waals surface area contributed by atoms with Crippen LogP contribution in [0.2, 0.25) is 0 Å². The predicted molar refractivity (Wildman–Crippen MR) is 70.1 cm³/mol. The highest BCUT2D eigenvalue weighted by Gasteiger charge is 2.13. The molecule has 0 aliphatic carbocycles. The summed E-state index contributed by atoms with van der Waals surface area (Å²) in [7, 11) is 1.63. The summed E-state index contributed by atoms with van der Waals surface area (Å²) >= 11 is 0. The number of hydrogen-bond donors (Lipinski definition) is 2. The van der Waals surface area contributed by atoms with Crippen LogP contribution in [0, 0.1) is 0 Å². The van der Waals surface area contributed by atoms with Gasteiger partial charge in [-0.25, -0.2) is 4.98 Å². The molecule has 0 spiro atoms. The number of nitrogens with one attached hydrogen (secondary N) is 2. The average Bonchev–Trinajstić information content (AvgIpc) is 2.87. The average molecular weight is 270 g/mol. The highest BCUT2D eigenvalue weighted by molar-refractivity contribution is 5.90. The maximum Gasteiger partial charge on any atom is 0.290 e. The summed E-state index contributed by atoms with van der Waals surface area (Å²) in [5, 5.41) is 9.38. The van der Waals surface area contributed by atoms with Gasteiger partial charge in [-0.15, -0.1) is 5.10 Å². The minimum atomic E-state index is -0.264. The van der Waals surface area contributed by atoms with E-state index in [2.05, 4.69) is 20.5 Å². The van der Waals surface area contributed by atoms with Crippen LogP contribution in [0.4, 0.5) is 0 Å². The number of aromatic nitrogens is 3. The lowest BCUT2D eigenvalue weighted by molar-refractivity contribution is 0.0688. The van der Waals surface area contributed by atoms with Crippen LogP contribution in [0.15, 0.2) is 0 Å². The lowest BCUT2D eigenvalue weighted by atomic mass is 10.2. The van der Waals surface area contributed by atoms with E-state index in [4.69, 9.17) is 9.47 Å². The van der Waals surface area contributed by atoms with E-state index in [9.17, 15) is 4.79 Å². The first-order valence-electron chi connectivity index (χ1n) is 6.42. The molecule has 108 valence electrons. The van der Waals surface area contributed by atoms with Crippen molar-refractivity contribution in [2.45, 2.75) is 26.2 Å². The summed E-state index contributed by atoms with van der Waals surface area (Å²) in [5.74, 6) is 0.861. The lowest BCUT2D eigenvalue weighted by Crippen LogP contribution is -2.26. The van der Waals surface area contributed by atoms with Gasteiger partial charge in [-0.1, -0.05) is 13.8 Å². The molecule has 0 bridgehead atoms. The third-order valence-corrected chi connectivity index (χ3v) is 2.44. The lowest BCUT2D eigenvalue weighted by Gasteiger charge is -2.04. The fourth-order valence-corrected chi connectivity index (χ4v) is 1.33. The summed E-state index contributed by atoms with van der Waals surface area (Å²) < 4.78 is 10.1. The SMILES string of the molecule is COCCOCCCNC(=O)c1n[nH]c(C(C)C)n1. The Morgan fingerprint density at radius 1 is 1.37 bits per heavy atom. The van der Waals surface area contributed by atoms with Gasteiger partial charge in [-0.2, -0.15) is 0 Å². The fraction of sp³-hybridized carbons (Fsp3) is 0.750. The summed E-state index contributed by atoms with van der Waals surface area (Å²) in [6.07, 6.45) is 0.747. The van der Waals surface area contributed by atoms with E-state index in [0.717, 1.165) is 6.42 Å². The van der Waals surface area contributed by atoms with Crippen LogP contribution in [-0.2, 0) is 9.47 Å². The highest BCUT2D eigenvalue weighted by Crippen LogP contribution is 2.07. The maximum absolute atomic E-state index is 11.7. The van der Waals surface area contributed by atoms with Gasteiger partial charge in [0.05, 0.1) is 13.2 Å². The molecule has 0 aromatic carbocycles. The quantitative estimate of drug-likeness (QED) is 0.645. The van der Waals surface area contributed by atoms with Gasteiger partial charge in [0.1, 0.15) is 5.82 Å². The largest absolute Gasteiger partial charge is 0.382 e. The van der Waals surface area contributed by atoms with Crippen molar-refractivity contribution in [1.29, 1.82) is 0 Å². The Morgan fingerprint density at radius 3 is 2.79 bits per heavy atom. The number of carbonyl (C=O) groups excluding carboxylic acids is 1. The number of rotatable bonds is 9. The van der Waals surface area contributed by atoms with Gasteiger partial charge in [-0.05, 0) is 6.42 Å². The molecule has 0 saturated heterocycles.